The van der Waals surface area contributed by atoms with Crippen LogP contribution in [0.5, 0.6) is 0 Å². The fraction of sp³-hybridized carbons (Fsp3) is 0.600. The second-order valence-electron chi connectivity index (χ2n) is 3.71. The van der Waals surface area contributed by atoms with Crippen LogP contribution in [0.1, 0.15) is 12.8 Å². The van der Waals surface area contributed by atoms with Crippen LogP contribution in [0.2, 0.25) is 0 Å². The van der Waals surface area contributed by atoms with Gasteiger partial charge in [-0.3, -0.25) is 0 Å². The van der Waals surface area contributed by atoms with Crippen molar-refractivity contribution in [3.8, 4) is 0 Å². The third-order valence-electron chi connectivity index (χ3n) is 3.17. The first-order valence-electron chi connectivity index (χ1n) is 4.45. The van der Waals surface area contributed by atoms with Crippen LogP contribution in [-0.2, 0) is 4.74 Å². The van der Waals surface area contributed by atoms with E-state index < -0.39 is 0 Å². The Morgan fingerprint density at radius 1 is 0.909 bits per heavy atom. The maximum Gasteiger partial charge on any atom is 0.0649 e. The lowest BCUT2D eigenvalue weighted by Crippen LogP contribution is -2.24. The molecule has 4 unspecified atom stereocenters. The van der Waals surface area contributed by atoms with E-state index >= 15 is 0 Å². The number of rotatable bonds is 0. The molecule has 11 heavy (non-hydrogen) atoms. The fourth-order valence-electron chi connectivity index (χ4n) is 2.64. The molecule has 2 bridgehead atoms. The Bertz CT molecular complexity index is 205. The minimum atomic E-state index is 0.547. The van der Waals surface area contributed by atoms with Gasteiger partial charge in [0.2, 0.25) is 0 Å². The van der Waals surface area contributed by atoms with Crippen LogP contribution < -0.4 is 0 Å². The monoisotopic (exact) mass is 148 g/mol. The second-order valence-corrected chi connectivity index (χ2v) is 3.71. The molecule has 0 radical (unpaired) electrons. The Kier molecular flexibility index (Phi) is 1.08. The Morgan fingerprint density at radius 2 is 1.45 bits per heavy atom. The van der Waals surface area contributed by atoms with Gasteiger partial charge >= 0.3 is 0 Å². The number of hydrogen-bond acceptors (Lipinski definition) is 1. The van der Waals surface area contributed by atoms with Crippen molar-refractivity contribution >= 4 is 0 Å². The average Bonchev–Trinajstić information content (AvgIpc) is 2.64. The van der Waals surface area contributed by atoms with E-state index in [-0.39, 0.29) is 0 Å². The quantitative estimate of drug-likeness (QED) is 0.510. The van der Waals surface area contributed by atoms with Crippen molar-refractivity contribution in [1.82, 2.24) is 0 Å². The highest BCUT2D eigenvalue weighted by Gasteiger charge is 2.46. The highest BCUT2D eigenvalue weighted by Crippen LogP contribution is 2.45. The van der Waals surface area contributed by atoms with E-state index in [1.54, 1.807) is 0 Å². The molecule has 2 aliphatic heterocycles. The third kappa shape index (κ3) is 0.694. The van der Waals surface area contributed by atoms with Gasteiger partial charge in [-0.1, -0.05) is 24.3 Å². The van der Waals surface area contributed by atoms with E-state index in [0.29, 0.717) is 24.0 Å². The molecule has 1 nitrogen and oxygen atoms in total. The molecule has 1 aliphatic carbocycles. The molecule has 2 heterocycles. The Balaban J connectivity index is 1.98. The summed E-state index contributed by atoms with van der Waals surface area (Å²) in [7, 11) is 0. The summed E-state index contributed by atoms with van der Waals surface area (Å²) < 4.78 is 5.82. The Labute approximate surface area is 66.7 Å². The molecule has 0 saturated carbocycles. The number of hydrogen-bond donors (Lipinski definition) is 0. The zero-order chi connectivity index (χ0) is 7.26. The Morgan fingerprint density at radius 3 is 2.00 bits per heavy atom. The molecule has 0 spiro atoms. The predicted molar refractivity (Wildman–Crippen MR) is 43.2 cm³/mol. The van der Waals surface area contributed by atoms with Crippen LogP contribution in [0.25, 0.3) is 0 Å². The summed E-state index contributed by atoms with van der Waals surface area (Å²) >= 11 is 0. The van der Waals surface area contributed by atoms with Gasteiger partial charge in [-0.2, -0.15) is 0 Å². The molecule has 0 amide bonds. The lowest BCUT2D eigenvalue weighted by atomic mass is 9.77. The van der Waals surface area contributed by atoms with E-state index in [0.717, 1.165) is 0 Å². The molecule has 1 heteroatoms. The molecule has 0 aromatic heterocycles. The van der Waals surface area contributed by atoms with Gasteiger partial charge in [-0.05, 0) is 12.8 Å². The molecule has 4 atom stereocenters. The van der Waals surface area contributed by atoms with Crippen LogP contribution in [0.4, 0.5) is 0 Å². The van der Waals surface area contributed by atoms with Crippen molar-refractivity contribution in [3.63, 3.8) is 0 Å². The van der Waals surface area contributed by atoms with E-state index in [9.17, 15) is 0 Å². The highest BCUT2D eigenvalue weighted by molar-refractivity contribution is 5.20. The largest absolute Gasteiger partial charge is 0.374 e. The molecule has 0 aromatic rings. The van der Waals surface area contributed by atoms with Crippen LogP contribution in [-0.4, -0.2) is 12.2 Å². The van der Waals surface area contributed by atoms with Crippen molar-refractivity contribution in [2.45, 2.75) is 25.0 Å². The van der Waals surface area contributed by atoms with E-state index in [2.05, 4.69) is 24.3 Å². The van der Waals surface area contributed by atoms with Crippen LogP contribution in [0.3, 0.4) is 0 Å². The topological polar surface area (TPSA) is 9.23 Å². The molecule has 2 saturated heterocycles. The second kappa shape index (κ2) is 1.98. The molecule has 58 valence electrons. The number of fused-ring (bicyclic) bond motifs is 5. The first kappa shape index (κ1) is 6.01. The molecule has 3 aliphatic rings. The van der Waals surface area contributed by atoms with Crippen LogP contribution in [0, 0.1) is 11.8 Å². The zero-order valence-corrected chi connectivity index (χ0v) is 6.44. The first-order valence-corrected chi connectivity index (χ1v) is 4.45. The maximum atomic E-state index is 5.82. The van der Waals surface area contributed by atoms with E-state index in [4.69, 9.17) is 4.74 Å². The van der Waals surface area contributed by atoms with Crippen LogP contribution in [0.15, 0.2) is 24.3 Å². The SMILES string of the molecule is C1=CC2C3CCC(O3)C2C=C1. The van der Waals surface area contributed by atoms with Gasteiger partial charge in [0.05, 0.1) is 12.2 Å². The zero-order valence-electron chi connectivity index (χ0n) is 6.44. The van der Waals surface area contributed by atoms with Crippen molar-refractivity contribution < 1.29 is 4.74 Å². The summed E-state index contributed by atoms with van der Waals surface area (Å²) in [5.74, 6) is 1.41. The predicted octanol–water partition coefficient (Wildman–Crippen LogP) is 1.91. The van der Waals surface area contributed by atoms with Crippen LogP contribution >= 0.6 is 0 Å². The minimum absolute atomic E-state index is 0.547. The van der Waals surface area contributed by atoms with Gasteiger partial charge < -0.3 is 4.74 Å². The molecular weight excluding hydrogens is 136 g/mol. The summed E-state index contributed by atoms with van der Waals surface area (Å²) in [6.07, 6.45) is 12.6. The van der Waals surface area contributed by atoms with Crippen molar-refractivity contribution in [2.75, 3.05) is 0 Å². The highest BCUT2D eigenvalue weighted by atomic mass is 16.5. The molecular formula is C10H12O. The summed E-state index contributed by atoms with van der Waals surface area (Å²) in [5, 5.41) is 0. The standard InChI is InChI=1S/C10H12O/c1-2-4-8-7(3-1)9-5-6-10(8)11-9/h1-4,7-10H,5-6H2. The van der Waals surface area contributed by atoms with E-state index in [1.165, 1.54) is 12.8 Å². The van der Waals surface area contributed by atoms with Crippen molar-refractivity contribution in [2.24, 2.45) is 11.8 Å². The first-order chi connectivity index (χ1) is 5.45. The van der Waals surface area contributed by atoms with Gasteiger partial charge in [0, 0.05) is 11.8 Å². The summed E-state index contributed by atoms with van der Waals surface area (Å²) in [4.78, 5) is 0. The van der Waals surface area contributed by atoms with Gasteiger partial charge in [0.15, 0.2) is 0 Å². The molecule has 2 fully saturated rings. The average molecular weight is 148 g/mol. The van der Waals surface area contributed by atoms with E-state index in [1.807, 2.05) is 0 Å². The lowest BCUT2D eigenvalue weighted by Gasteiger charge is -2.24. The van der Waals surface area contributed by atoms with Crippen molar-refractivity contribution in [1.29, 1.82) is 0 Å². The smallest absolute Gasteiger partial charge is 0.0649 e. The van der Waals surface area contributed by atoms with Crippen molar-refractivity contribution in [3.05, 3.63) is 24.3 Å². The maximum absolute atomic E-state index is 5.82. The van der Waals surface area contributed by atoms with Gasteiger partial charge in [0.1, 0.15) is 0 Å². The molecule has 0 aromatic carbocycles. The molecule has 0 N–H and O–H groups in total. The Hall–Kier alpha value is -0.560. The lowest BCUT2D eigenvalue weighted by molar-refractivity contribution is 0.0936. The van der Waals surface area contributed by atoms with Gasteiger partial charge in [0.25, 0.3) is 0 Å². The van der Waals surface area contributed by atoms with Gasteiger partial charge in [-0.15, -0.1) is 0 Å². The summed E-state index contributed by atoms with van der Waals surface area (Å²) in [6, 6.07) is 0. The summed E-state index contributed by atoms with van der Waals surface area (Å²) in [6.45, 7) is 0. The normalized spacial score (nSPS) is 51.6. The van der Waals surface area contributed by atoms with Gasteiger partial charge in [-0.25, -0.2) is 0 Å². The fourth-order valence-corrected chi connectivity index (χ4v) is 2.64. The third-order valence-corrected chi connectivity index (χ3v) is 3.17. The number of ether oxygens (including phenoxy) is 1. The minimum Gasteiger partial charge on any atom is -0.374 e. The summed E-state index contributed by atoms with van der Waals surface area (Å²) in [5.41, 5.74) is 0. The number of allylic oxidation sites excluding steroid dienone is 2. The molecule has 3 rings (SSSR count).